The quantitative estimate of drug-likeness (QED) is 0.669. The highest BCUT2D eigenvalue weighted by atomic mass is 16.6. The molecule has 2 aromatic heterocycles. The molecule has 7 heteroatoms. The van der Waals surface area contributed by atoms with Gasteiger partial charge in [-0.25, -0.2) is 9.97 Å². The van der Waals surface area contributed by atoms with E-state index in [1.807, 2.05) is 35.4 Å². The van der Waals surface area contributed by atoms with Crippen LogP contribution in [-0.4, -0.2) is 52.1 Å². The Hall–Kier alpha value is -3.48. The predicted molar refractivity (Wildman–Crippen MR) is 111 cm³/mol. The molecule has 1 amide bonds. The van der Waals surface area contributed by atoms with E-state index in [2.05, 4.69) is 15.0 Å². The average Bonchev–Trinajstić information content (AvgIpc) is 2.84. The molecule has 1 fully saturated rings. The number of rotatable bonds is 3. The zero-order valence-electron chi connectivity index (χ0n) is 16.5. The lowest BCUT2D eigenvalue weighted by Crippen LogP contribution is -2.39. The summed E-state index contributed by atoms with van der Waals surface area (Å²) in [5.74, 6) is 1.50. The van der Waals surface area contributed by atoms with Crippen LogP contribution >= 0.6 is 0 Å². The van der Waals surface area contributed by atoms with Crippen LogP contribution in [0.1, 0.15) is 34.8 Å². The number of nitrogens with zero attached hydrogens (tertiary/aromatic N) is 4. The van der Waals surface area contributed by atoms with Gasteiger partial charge in [0.15, 0.2) is 11.5 Å². The van der Waals surface area contributed by atoms with Gasteiger partial charge in [0.2, 0.25) is 0 Å². The number of piperidine rings is 1. The van der Waals surface area contributed by atoms with E-state index in [0.29, 0.717) is 36.8 Å². The number of benzene rings is 1. The van der Waals surface area contributed by atoms with Crippen LogP contribution in [0, 0.1) is 0 Å². The maximum absolute atomic E-state index is 13.2. The number of ether oxygens (including phenoxy) is 2. The number of hydrogen-bond donors (Lipinski definition) is 0. The summed E-state index contributed by atoms with van der Waals surface area (Å²) in [5, 5.41) is 0. The largest absolute Gasteiger partial charge is 0.486 e. The molecule has 0 saturated carbocycles. The fraction of sp³-hybridized carbons (Fsp3) is 0.304. The summed E-state index contributed by atoms with van der Waals surface area (Å²) in [6.45, 7) is 2.40. The Labute approximate surface area is 174 Å². The van der Waals surface area contributed by atoms with Crippen LogP contribution in [0.5, 0.6) is 11.5 Å². The second-order valence-electron chi connectivity index (χ2n) is 7.51. The fourth-order valence-corrected chi connectivity index (χ4v) is 4.16. The number of carbonyl (C=O) groups is 1. The lowest BCUT2D eigenvalue weighted by Gasteiger charge is -2.33. The van der Waals surface area contributed by atoms with Gasteiger partial charge < -0.3 is 14.4 Å². The molecule has 1 aromatic carbocycles. The van der Waals surface area contributed by atoms with E-state index in [4.69, 9.17) is 9.47 Å². The average molecular weight is 402 g/mol. The molecule has 2 aliphatic rings. The van der Waals surface area contributed by atoms with Gasteiger partial charge in [-0.05, 0) is 48.7 Å². The number of pyridine rings is 1. The molecule has 0 radical (unpaired) electrons. The maximum atomic E-state index is 13.2. The summed E-state index contributed by atoms with van der Waals surface area (Å²) in [7, 11) is 0. The summed E-state index contributed by atoms with van der Waals surface area (Å²) in [4.78, 5) is 28.0. The van der Waals surface area contributed by atoms with Crippen LogP contribution < -0.4 is 9.47 Å². The minimum atomic E-state index is 0.0104. The topological polar surface area (TPSA) is 77.4 Å². The van der Waals surface area contributed by atoms with Crippen molar-refractivity contribution in [1.82, 2.24) is 19.9 Å². The molecule has 0 bridgehead atoms. The third-order valence-corrected chi connectivity index (χ3v) is 5.62. The molecule has 152 valence electrons. The van der Waals surface area contributed by atoms with E-state index in [-0.39, 0.29) is 11.8 Å². The first-order valence-electron chi connectivity index (χ1n) is 10.2. The van der Waals surface area contributed by atoms with Gasteiger partial charge in [0, 0.05) is 48.7 Å². The first kappa shape index (κ1) is 18.5. The van der Waals surface area contributed by atoms with E-state index in [9.17, 15) is 4.79 Å². The van der Waals surface area contributed by atoms with Gasteiger partial charge >= 0.3 is 0 Å². The van der Waals surface area contributed by atoms with Crippen molar-refractivity contribution in [2.24, 2.45) is 0 Å². The lowest BCUT2D eigenvalue weighted by atomic mass is 9.90. The van der Waals surface area contributed by atoms with Crippen molar-refractivity contribution in [3.8, 4) is 22.6 Å². The predicted octanol–water partition coefficient (Wildman–Crippen LogP) is 3.33. The molecule has 5 rings (SSSR count). The molecule has 1 atom stereocenters. The smallest absolute Gasteiger partial charge is 0.254 e. The van der Waals surface area contributed by atoms with Gasteiger partial charge in [0.1, 0.15) is 19.5 Å². The van der Waals surface area contributed by atoms with E-state index in [0.717, 1.165) is 36.2 Å². The van der Waals surface area contributed by atoms with Gasteiger partial charge in [-0.15, -0.1) is 0 Å². The summed E-state index contributed by atoms with van der Waals surface area (Å²) in [6, 6.07) is 9.33. The molecule has 1 saturated heterocycles. The number of fused-ring (bicyclic) bond motifs is 1. The summed E-state index contributed by atoms with van der Waals surface area (Å²) >= 11 is 0. The monoisotopic (exact) mass is 402 g/mol. The molecule has 0 spiro atoms. The Kier molecular flexibility index (Phi) is 5.01. The molecule has 2 aliphatic heterocycles. The third-order valence-electron chi connectivity index (χ3n) is 5.62. The van der Waals surface area contributed by atoms with Crippen molar-refractivity contribution >= 4 is 5.91 Å². The Morgan fingerprint density at radius 3 is 2.73 bits per heavy atom. The van der Waals surface area contributed by atoms with E-state index >= 15 is 0 Å². The van der Waals surface area contributed by atoms with Crippen molar-refractivity contribution in [2.75, 3.05) is 26.3 Å². The first-order chi connectivity index (χ1) is 14.8. The highest BCUT2D eigenvalue weighted by Gasteiger charge is 2.29. The van der Waals surface area contributed by atoms with Gasteiger partial charge in [0.05, 0.1) is 5.69 Å². The second kappa shape index (κ2) is 8.10. The molecule has 7 nitrogen and oxygen atoms in total. The Morgan fingerprint density at radius 2 is 1.87 bits per heavy atom. The van der Waals surface area contributed by atoms with Crippen molar-refractivity contribution in [2.45, 2.75) is 18.8 Å². The van der Waals surface area contributed by atoms with Crippen molar-refractivity contribution < 1.29 is 14.3 Å². The third kappa shape index (κ3) is 3.58. The van der Waals surface area contributed by atoms with Crippen LogP contribution in [0.2, 0.25) is 0 Å². The number of aromatic nitrogens is 3. The van der Waals surface area contributed by atoms with Gasteiger partial charge in [-0.2, -0.15) is 0 Å². The molecule has 3 aromatic rings. The minimum Gasteiger partial charge on any atom is -0.486 e. The van der Waals surface area contributed by atoms with Gasteiger partial charge in [-0.1, -0.05) is 0 Å². The van der Waals surface area contributed by atoms with Crippen molar-refractivity contribution in [1.29, 1.82) is 0 Å². The summed E-state index contributed by atoms with van der Waals surface area (Å²) in [5.41, 5.74) is 3.64. The zero-order chi connectivity index (χ0) is 20.3. The Balaban J connectivity index is 1.39. The number of amides is 1. The molecule has 4 heterocycles. The number of carbonyl (C=O) groups excluding carboxylic acids is 1. The summed E-state index contributed by atoms with van der Waals surface area (Å²) < 4.78 is 11.2. The molecular weight excluding hydrogens is 380 g/mol. The van der Waals surface area contributed by atoms with E-state index in [1.54, 1.807) is 24.8 Å². The van der Waals surface area contributed by atoms with E-state index < -0.39 is 0 Å². The van der Waals surface area contributed by atoms with Crippen LogP contribution in [0.3, 0.4) is 0 Å². The van der Waals surface area contributed by atoms with Crippen LogP contribution in [0.15, 0.2) is 55.2 Å². The minimum absolute atomic E-state index is 0.0104. The normalized spacial score (nSPS) is 18.1. The fourth-order valence-electron chi connectivity index (χ4n) is 4.16. The molecule has 30 heavy (non-hydrogen) atoms. The highest BCUT2D eigenvalue weighted by molar-refractivity contribution is 5.95. The zero-order valence-corrected chi connectivity index (χ0v) is 16.5. The summed E-state index contributed by atoms with van der Waals surface area (Å²) in [6.07, 6.45) is 8.89. The molecule has 0 N–H and O–H groups in total. The SMILES string of the molecule is O=C(c1ccc2c(c1)OCCO2)N1CCC[C@H](c2ncncc2-c2ccncc2)C1. The first-order valence-corrected chi connectivity index (χ1v) is 10.2. The van der Waals surface area contributed by atoms with Crippen LogP contribution in [0.4, 0.5) is 0 Å². The number of hydrogen-bond acceptors (Lipinski definition) is 6. The Bertz CT molecular complexity index is 1060. The van der Waals surface area contributed by atoms with Crippen molar-refractivity contribution in [3.63, 3.8) is 0 Å². The second-order valence-corrected chi connectivity index (χ2v) is 7.51. The Morgan fingerprint density at radius 1 is 1.03 bits per heavy atom. The standard InChI is InChI=1S/C23H22N4O3/c28-23(17-3-4-20-21(12-17)30-11-10-29-20)27-9-1-2-18(14-27)22-19(13-25-15-26-22)16-5-7-24-8-6-16/h3-8,12-13,15,18H,1-2,9-11,14H2/t18-/m0/s1. The highest BCUT2D eigenvalue weighted by Crippen LogP contribution is 2.34. The molecule has 0 unspecified atom stereocenters. The van der Waals surface area contributed by atoms with Crippen molar-refractivity contribution in [3.05, 3.63) is 66.5 Å². The van der Waals surface area contributed by atoms with Crippen LogP contribution in [0.25, 0.3) is 11.1 Å². The van der Waals surface area contributed by atoms with Gasteiger partial charge in [0.25, 0.3) is 5.91 Å². The maximum Gasteiger partial charge on any atom is 0.254 e. The van der Waals surface area contributed by atoms with Gasteiger partial charge in [-0.3, -0.25) is 9.78 Å². The van der Waals surface area contributed by atoms with Crippen LogP contribution in [-0.2, 0) is 0 Å². The number of likely N-dealkylation sites (tertiary alicyclic amines) is 1. The molecular formula is C23H22N4O3. The van der Waals surface area contributed by atoms with E-state index in [1.165, 1.54) is 0 Å². The lowest BCUT2D eigenvalue weighted by molar-refractivity contribution is 0.0705. The molecule has 0 aliphatic carbocycles.